The number of ether oxygens (including phenoxy) is 1. The predicted octanol–water partition coefficient (Wildman–Crippen LogP) is 5.26. The average Bonchev–Trinajstić information content (AvgIpc) is 2.81. The standard InChI is InChI=1S/C23H19ClFN5O3/c24-18-11-15(3-7-19(18)25)29-23(32)28-14-1-4-16(5-2-14)33-17-6-8-20-21(12-17)30-22(13-27-20)26-9-10-31/h1-8,11-13,31H,9-10H2,(H,26,30)(H2,28,29,32). The first-order valence-corrected chi connectivity index (χ1v) is 10.3. The van der Waals surface area contributed by atoms with Gasteiger partial charge in [-0.25, -0.2) is 14.2 Å². The summed E-state index contributed by atoms with van der Waals surface area (Å²) in [6, 6.07) is 15.6. The van der Waals surface area contributed by atoms with Crippen molar-refractivity contribution in [1.82, 2.24) is 9.97 Å². The summed E-state index contributed by atoms with van der Waals surface area (Å²) < 4.78 is 19.1. The second kappa shape index (κ2) is 10.1. The van der Waals surface area contributed by atoms with Crippen molar-refractivity contribution in [3.63, 3.8) is 0 Å². The van der Waals surface area contributed by atoms with Gasteiger partial charge in [-0.05, 0) is 54.6 Å². The van der Waals surface area contributed by atoms with Crippen LogP contribution in [0.15, 0.2) is 66.9 Å². The molecule has 168 valence electrons. The summed E-state index contributed by atoms with van der Waals surface area (Å²) in [5.41, 5.74) is 2.27. The molecule has 0 spiro atoms. The number of rotatable bonds is 7. The molecule has 0 aliphatic heterocycles. The van der Waals surface area contributed by atoms with Crippen LogP contribution in [0.2, 0.25) is 5.02 Å². The number of urea groups is 1. The number of fused-ring (bicyclic) bond motifs is 1. The zero-order chi connectivity index (χ0) is 23.2. The van der Waals surface area contributed by atoms with Gasteiger partial charge in [-0.15, -0.1) is 0 Å². The van der Waals surface area contributed by atoms with Crippen LogP contribution >= 0.6 is 11.6 Å². The number of aromatic nitrogens is 2. The molecular weight excluding hydrogens is 449 g/mol. The quantitative estimate of drug-likeness (QED) is 0.295. The Kier molecular flexibility index (Phi) is 6.82. The van der Waals surface area contributed by atoms with E-state index >= 15 is 0 Å². The lowest BCUT2D eigenvalue weighted by Gasteiger charge is -2.10. The van der Waals surface area contributed by atoms with E-state index in [9.17, 15) is 9.18 Å². The molecule has 0 saturated heterocycles. The van der Waals surface area contributed by atoms with Crippen LogP contribution in [-0.2, 0) is 0 Å². The molecule has 0 fully saturated rings. The van der Waals surface area contributed by atoms with E-state index in [1.165, 1.54) is 18.2 Å². The van der Waals surface area contributed by atoms with Gasteiger partial charge in [-0.3, -0.25) is 4.98 Å². The molecule has 0 unspecified atom stereocenters. The highest BCUT2D eigenvalue weighted by molar-refractivity contribution is 6.31. The Morgan fingerprint density at radius 1 is 0.970 bits per heavy atom. The van der Waals surface area contributed by atoms with Crippen molar-refractivity contribution in [2.24, 2.45) is 0 Å². The molecule has 0 bridgehead atoms. The van der Waals surface area contributed by atoms with Crippen molar-refractivity contribution in [2.45, 2.75) is 0 Å². The molecule has 0 atom stereocenters. The molecular formula is C23H19ClFN5O3. The monoisotopic (exact) mass is 467 g/mol. The third kappa shape index (κ3) is 5.85. The number of nitrogens with one attached hydrogen (secondary N) is 3. The van der Waals surface area contributed by atoms with Gasteiger partial charge in [0.15, 0.2) is 0 Å². The fourth-order valence-electron chi connectivity index (χ4n) is 2.93. The number of anilines is 3. The van der Waals surface area contributed by atoms with Gasteiger partial charge in [0.05, 0.1) is 28.9 Å². The third-order valence-corrected chi connectivity index (χ3v) is 4.75. The lowest BCUT2D eigenvalue weighted by Crippen LogP contribution is -2.19. The van der Waals surface area contributed by atoms with Crippen molar-refractivity contribution in [1.29, 1.82) is 0 Å². The number of hydrogen-bond acceptors (Lipinski definition) is 6. The molecule has 0 aliphatic carbocycles. The maximum absolute atomic E-state index is 13.2. The van der Waals surface area contributed by atoms with Gasteiger partial charge in [-0.2, -0.15) is 0 Å². The summed E-state index contributed by atoms with van der Waals surface area (Å²) in [6.45, 7) is 0.377. The van der Waals surface area contributed by atoms with Crippen LogP contribution in [-0.4, -0.2) is 34.3 Å². The molecule has 1 aromatic heterocycles. The van der Waals surface area contributed by atoms with Crippen LogP contribution < -0.4 is 20.7 Å². The van der Waals surface area contributed by atoms with Crippen LogP contribution in [0.5, 0.6) is 11.5 Å². The Bertz CT molecular complexity index is 1290. The SMILES string of the molecule is O=C(Nc1ccc(Oc2ccc3ncc(NCCO)nc3c2)cc1)Nc1ccc(F)c(Cl)c1. The second-order valence-corrected chi connectivity index (χ2v) is 7.30. The Labute approximate surface area is 193 Å². The smallest absolute Gasteiger partial charge is 0.323 e. The number of nitrogens with zero attached hydrogens (tertiary/aromatic N) is 2. The van der Waals surface area contributed by atoms with Crippen LogP contribution in [0.1, 0.15) is 0 Å². The molecule has 0 aliphatic rings. The maximum Gasteiger partial charge on any atom is 0.323 e. The zero-order valence-electron chi connectivity index (χ0n) is 17.2. The first kappa shape index (κ1) is 22.3. The summed E-state index contributed by atoms with van der Waals surface area (Å²) in [7, 11) is 0. The minimum atomic E-state index is -0.560. The van der Waals surface area contributed by atoms with Crippen molar-refractivity contribution in [3.05, 3.63) is 77.7 Å². The molecule has 4 aromatic rings. The Morgan fingerprint density at radius 2 is 1.70 bits per heavy atom. The Morgan fingerprint density at radius 3 is 2.45 bits per heavy atom. The van der Waals surface area contributed by atoms with Gasteiger partial charge in [0.2, 0.25) is 0 Å². The molecule has 4 N–H and O–H groups in total. The molecule has 0 saturated carbocycles. The van der Waals surface area contributed by atoms with Crippen molar-refractivity contribution >= 4 is 45.9 Å². The topological polar surface area (TPSA) is 108 Å². The van der Waals surface area contributed by atoms with Crippen molar-refractivity contribution in [3.8, 4) is 11.5 Å². The normalized spacial score (nSPS) is 10.6. The summed E-state index contributed by atoms with van der Waals surface area (Å²) in [4.78, 5) is 20.9. The number of amides is 2. The molecule has 33 heavy (non-hydrogen) atoms. The number of aliphatic hydroxyl groups is 1. The zero-order valence-corrected chi connectivity index (χ0v) is 17.9. The molecule has 8 nitrogen and oxygen atoms in total. The lowest BCUT2D eigenvalue weighted by molar-refractivity contribution is 0.262. The summed E-state index contributed by atoms with van der Waals surface area (Å²) >= 11 is 5.72. The largest absolute Gasteiger partial charge is 0.457 e. The van der Waals surface area contributed by atoms with Crippen LogP contribution in [0.4, 0.5) is 26.4 Å². The molecule has 4 rings (SSSR count). The molecule has 1 heterocycles. The number of aliphatic hydroxyl groups excluding tert-OH is 1. The minimum Gasteiger partial charge on any atom is -0.457 e. The van der Waals surface area contributed by atoms with E-state index in [1.807, 2.05) is 0 Å². The number of hydrogen-bond donors (Lipinski definition) is 4. The maximum atomic E-state index is 13.2. The van der Waals surface area contributed by atoms with Crippen LogP contribution in [0.25, 0.3) is 11.0 Å². The highest BCUT2D eigenvalue weighted by atomic mass is 35.5. The van der Waals surface area contributed by atoms with E-state index in [-0.39, 0.29) is 11.6 Å². The van der Waals surface area contributed by atoms with E-state index in [1.54, 1.807) is 48.7 Å². The van der Waals surface area contributed by atoms with E-state index in [4.69, 9.17) is 21.4 Å². The Balaban J connectivity index is 1.39. The van der Waals surface area contributed by atoms with E-state index in [0.29, 0.717) is 46.3 Å². The van der Waals surface area contributed by atoms with Crippen molar-refractivity contribution in [2.75, 3.05) is 29.1 Å². The number of benzene rings is 3. The predicted molar refractivity (Wildman–Crippen MR) is 126 cm³/mol. The van der Waals surface area contributed by atoms with Crippen LogP contribution in [0.3, 0.4) is 0 Å². The summed E-state index contributed by atoms with van der Waals surface area (Å²) in [5.74, 6) is 1.14. The Hall–Kier alpha value is -3.95. The second-order valence-electron chi connectivity index (χ2n) is 6.89. The van der Waals surface area contributed by atoms with Crippen LogP contribution in [0, 0.1) is 5.82 Å². The average molecular weight is 468 g/mol. The summed E-state index contributed by atoms with van der Waals surface area (Å²) in [5, 5.41) is 17.1. The first-order chi connectivity index (χ1) is 16.0. The van der Waals surface area contributed by atoms with Gasteiger partial charge < -0.3 is 25.8 Å². The molecule has 2 amide bonds. The molecule has 10 heteroatoms. The van der Waals surface area contributed by atoms with Gasteiger partial charge in [-0.1, -0.05) is 11.6 Å². The fraction of sp³-hybridized carbons (Fsp3) is 0.0870. The number of halogens is 2. The number of carbonyl (C=O) groups is 1. The van der Waals surface area contributed by atoms with Gasteiger partial charge in [0.1, 0.15) is 23.1 Å². The van der Waals surface area contributed by atoms with Gasteiger partial charge in [0.25, 0.3) is 0 Å². The fourth-order valence-corrected chi connectivity index (χ4v) is 3.11. The van der Waals surface area contributed by atoms with E-state index < -0.39 is 11.8 Å². The third-order valence-electron chi connectivity index (χ3n) is 4.46. The lowest BCUT2D eigenvalue weighted by atomic mass is 10.2. The first-order valence-electron chi connectivity index (χ1n) is 9.93. The van der Waals surface area contributed by atoms with E-state index in [0.717, 1.165) is 0 Å². The summed E-state index contributed by atoms with van der Waals surface area (Å²) in [6.07, 6.45) is 1.60. The molecule has 0 radical (unpaired) electrons. The highest BCUT2D eigenvalue weighted by Crippen LogP contribution is 2.26. The minimum absolute atomic E-state index is 0.00400. The van der Waals surface area contributed by atoms with Gasteiger partial charge >= 0.3 is 6.03 Å². The van der Waals surface area contributed by atoms with Gasteiger partial charge in [0, 0.05) is 24.0 Å². The van der Waals surface area contributed by atoms with E-state index in [2.05, 4.69) is 25.9 Å². The van der Waals surface area contributed by atoms with Crippen molar-refractivity contribution < 1.29 is 19.0 Å². The highest BCUT2D eigenvalue weighted by Gasteiger charge is 2.07. The molecule has 3 aromatic carbocycles. The number of carbonyl (C=O) groups excluding carboxylic acids is 1.